The highest BCUT2D eigenvalue weighted by Gasteiger charge is 2.30. The number of benzene rings is 1. The van der Waals surface area contributed by atoms with Crippen molar-refractivity contribution < 1.29 is 33.0 Å². The molecule has 1 aromatic heterocycles. The molecule has 1 aromatic carbocycles. The van der Waals surface area contributed by atoms with Gasteiger partial charge in [0.15, 0.2) is 11.5 Å². The van der Waals surface area contributed by atoms with Gasteiger partial charge in [-0.05, 0) is 24.1 Å². The van der Waals surface area contributed by atoms with Crippen molar-refractivity contribution in [3.05, 3.63) is 41.9 Å². The van der Waals surface area contributed by atoms with Crippen LogP contribution in [0.3, 0.4) is 0 Å². The summed E-state index contributed by atoms with van der Waals surface area (Å²) in [6.45, 7) is 6.26. The number of furan rings is 1. The van der Waals surface area contributed by atoms with Crippen LogP contribution in [0.1, 0.15) is 34.6 Å². The van der Waals surface area contributed by atoms with Crippen LogP contribution in [0, 0.1) is 5.92 Å². The molecule has 180 valence electrons. The maximum atomic E-state index is 13.5. The minimum absolute atomic E-state index is 0.108. The molecule has 0 N–H and O–H groups in total. The van der Waals surface area contributed by atoms with Crippen molar-refractivity contribution in [2.45, 2.75) is 20.0 Å². The summed E-state index contributed by atoms with van der Waals surface area (Å²) < 4.78 is 27.1. The Bertz CT molecular complexity index is 917. The Balaban J connectivity index is 1.79. The Hall–Kier alpha value is -3.20. The number of hydrogen-bond donors (Lipinski definition) is 0. The molecule has 1 aliphatic rings. The van der Waals surface area contributed by atoms with Gasteiger partial charge in [-0.3, -0.25) is 9.59 Å². The molecular formula is C24H32N2O7. The maximum Gasteiger partial charge on any atom is 0.257 e. The molecule has 1 unspecified atom stereocenters. The van der Waals surface area contributed by atoms with Gasteiger partial charge in [0.2, 0.25) is 5.75 Å². The fourth-order valence-corrected chi connectivity index (χ4v) is 3.90. The van der Waals surface area contributed by atoms with Crippen molar-refractivity contribution in [2.75, 3.05) is 54.1 Å². The summed E-state index contributed by atoms with van der Waals surface area (Å²) in [5, 5.41) is 0. The van der Waals surface area contributed by atoms with E-state index < -0.39 is 0 Å². The highest BCUT2D eigenvalue weighted by molar-refractivity contribution is 5.96. The third kappa shape index (κ3) is 5.78. The maximum absolute atomic E-state index is 13.5. The van der Waals surface area contributed by atoms with Crippen LogP contribution in [0.5, 0.6) is 17.2 Å². The van der Waals surface area contributed by atoms with Crippen LogP contribution in [0.2, 0.25) is 0 Å². The molecule has 0 aliphatic carbocycles. The highest BCUT2D eigenvalue weighted by atomic mass is 16.5. The summed E-state index contributed by atoms with van der Waals surface area (Å²) in [7, 11) is 4.54. The van der Waals surface area contributed by atoms with Crippen LogP contribution in [0.25, 0.3) is 0 Å². The number of carbonyl (C=O) groups is 2. The lowest BCUT2D eigenvalue weighted by molar-refractivity contribution is -0.0340. The Kier molecular flexibility index (Phi) is 8.21. The predicted octanol–water partition coefficient (Wildman–Crippen LogP) is 2.94. The number of amides is 2. The first-order chi connectivity index (χ1) is 15.9. The van der Waals surface area contributed by atoms with E-state index in [1.54, 1.807) is 28.0 Å². The number of ether oxygens (including phenoxy) is 4. The van der Waals surface area contributed by atoms with Gasteiger partial charge < -0.3 is 33.2 Å². The van der Waals surface area contributed by atoms with E-state index in [0.29, 0.717) is 61.2 Å². The van der Waals surface area contributed by atoms with Crippen molar-refractivity contribution >= 4 is 11.8 Å². The largest absolute Gasteiger partial charge is 0.493 e. The molecule has 0 bridgehead atoms. The van der Waals surface area contributed by atoms with E-state index in [1.165, 1.54) is 33.9 Å². The topological polar surface area (TPSA) is 90.7 Å². The Morgan fingerprint density at radius 2 is 1.82 bits per heavy atom. The van der Waals surface area contributed by atoms with Crippen LogP contribution in [0.15, 0.2) is 35.1 Å². The second kappa shape index (κ2) is 11.1. The zero-order valence-corrected chi connectivity index (χ0v) is 19.8. The lowest BCUT2D eigenvalue weighted by Crippen LogP contribution is -2.51. The number of methoxy groups -OCH3 is 3. The van der Waals surface area contributed by atoms with Gasteiger partial charge in [-0.2, -0.15) is 0 Å². The SMILES string of the molecule is COc1cc(C(=O)N(CC(C)C)CC2CN(C(=O)c3ccoc3)CCO2)cc(OC)c1OC. The monoisotopic (exact) mass is 460 g/mol. The van der Waals surface area contributed by atoms with Crippen molar-refractivity contribution in [2.24, 2.45) is 5.92 Å². The molecule has 2 aromatic rings. The van der Waals surface area contributed by atoms with Crippen LogP contribution >= 0.6 is 0 Å². The molecular weight excluding hydrogens is 428 g/mol. The average Bonchev–Trinajstić information content (AvgIpc) is 3.36. The fraction of sp³-hybridized carbons (Fsp3) is 0.500. The predicted molar refractivity (Wildman–Crippen MR) is 121 cm³/mol. The van der Waals surface area contributed by atoms with E-state index in [2.05, 4.69) is 0 Å². The first-order valence-corrected chi connectivity index (χ1v) is 10.9. The van der Waals surface area contributed by atoms with Crippen LogP contribution < -0.4 is 14.2 Å². The molecule has 0 radical (unpaired) electrons. The number of carbonyl (C=O) groups excluding carboxylic acids is 2. The van der Waals surface area contributed by atoms with Gasteiger partial charge in [-0.25, -0.2) is 0 Å². The molecule has 0 spiro atoms. The second-order valence-electron chi connectivity index (χ2n) is 8.27. The minimum Gasteiger partial charge on any atom is -0.493 e. The van der Waals surface area contributed by atoms with Crippen molar-refractivity contribution in [1.29, 1.82) is 0 Å². The Morgan fingerprint density at radius 1 is 1.12 bits per heavy atom. The van der Waals surface area contributed by atoms with Gasteiger partial charge >= 0.3 is 0 Å². The zero-order chi connectivity index (χ0) is 24.0. The van der Waals surface area contributed by atoms with Crippen molar-refractivity contribution in [1.82, 2.24) is 9.80 Å². The molecule has 1 fully saturated rings. The molecule has 2 amide bonds. The third-order valence-electron chi connectivity index (χ3n) is 5.40. The average molecular weight is 461 g/mol. The summed E-state index contributed by atoms with van der Waals surface area (Å²) in [5.74, 6) is 1.21. The Labute approximate surface area is 194 Å². The molecule has 33 heavy (non-hydrogen) atoms. The summed E-state index contributed by atoms with van der Waals surface area (Å²) in [6.07, 6.45) is 2.61. The van der Waals surface area contributed by atoms with Gasteiger partial charge in [0, 0.05) is 31.7 Å². The van der Waals surface area contributed by atoms with E-state index in [1.807, 2.05) is 13.8 Å². The molecule has 2 heterocycles. The second-order valence-corrected chi connectivity index (χ2v) is 8.27. The molecule has 9 heteroatoms. The molecule has 0 saturated carbocycles. The van der Waals surface area contributed by atoms with Gasteiger partial charge in [-0.15, -0.1) is 0 Å². The number of morpholine rings is 1. The van der Waals surface area contributed by atoms with Crippen LogP contribution in [0.4, 0.5) is 0 Å². The van der Waals surface area contributed by atoms with Crippen molar-refractivity contribution in [3.63, 3.8) is 0 Å². The lowest BCUT2D eigenvalue weighted by Gasteiger charge is -2.36. The van der Waals surface area contributed by atoms with E-state index in [4.69, 9.17) is 23.4 Å². The smallest absolute Gasteiger partial charge is 0.257 e. The zero-order valence-electron chi connectivity index (χ0n) is 19.8. The number of rotatable bonds is 9. The summed E-state index contributed by atoms with van der Waals surface area (Å²) in [5.41, 5.74) is 0.926. The van der Waals surface area contributed by atoms with E-state index in [9.17, 15) is 9.59 Å². The summed E-state index contributed by atoms with van der Waals surface area (Å²) in [4.78, 5) is 29.7. The first kappa shape index (κ1) is 24.4. The normalized spacial score (nSPS) is 15.9. The number of hydrogen-bond acceptors (Lipinski definition) is 7. The van der Waals surface area contributed by atoms with Crippen molar-refractivity contribution in [3.8, 4) is 17.2 Å². The van der Waals surface area contributed by atoms with Gasteiger partial charge in [0.05, 0.1) is 45.9 Å². The van der Waals surface area contributed by atoms with Gasteiger partial charge in [0.1, 0.15) is 6.26 Å². The fourth-order valence-electron chi connectivity index (χ4n) is 3.90. The molecule has 1 atom stereocenters. The molecule has 1 saturated heterocycles. The quantitative estimate of drug-likeness (QED) is 0.568. The lowest BCUT2D eigenvalue weighted by atomic mass is 10.1. The van der Waals surface area contributed by atoms with E-state index >= 15 is 0 Å². The minimum atomic E-state index is -0.306. The molecule has 9 nitrogen and oxygen atoms in total. The van der Waals surface area contributed by atoms with Gasteiger partial charge in [-0.1, -0.05) is 13.8 Å². The van der Waals surface area contributed by atoms with Crippen LogP contribution in [-0.4, -0.2) is 81.8 Å². The van der Waals surface area contributed by atoms with E-state index in [0.717, 1.165) is 0 Å². The Morgan fingerprint density at radius 3 is 2.36 bits per heavy atom. The summed E-state index contributed by atoms with van der Waals surface area (Å²) in [6, 6.07) is 4.94. The van der Waals surface area contributed by atoms with E-state index in [-0.39, 0.29) is 23.8 Å². The summed E-state index contributed by atoms with van der Waals surface area (Å²) >= 11 is 0. The molecule has 1 aliphatic heterocycles. The van der Waals surface area contributed by atoms with Gasteiger partial charge in [0.25, 0.3) is 11.8 Å². The number of nitrogens with zero attached hydrogens (tertiary/aromatic N) is 2. The first-order valence-electron chi connectivity index (χ1n) is 10.9. The molecule has 3 rings (SSSR count). The van der Waals surface area contributed by atoms with Crippen LogP contribution in [-0.2, 0) is 4.74 Å². The third-order valence-corrected chi connectivity index (χ3v) is 5.40. The highest BCUT2D eigenvalue weighted by Crippen LogP contribution is 2.38. The standard InChI is InChI=1S/C24H32N2O7/c1-16(2)12-26(24(28)18-10-20(29-3)22(31-5)21(11-18)30-4)14-19-13-25(7-9-33-19)23(27)17-6-8-32-15-17/h6,8,10-11,15-16,19H,7,9,12-14H2,1-5H3.